The number of anilines is 2. The lowest BCUT2D eigenvalue weighted by atomic mass is 9.49. The topological polar surface area (TPSA) is 64.3 Å². The van der Waals surface area contributed by atoms with Gasteiger partial charge in [0.1, 0.15) is 5.75 Å². The molecule has 0 aliphatic heterocycles. The minimum atomic E-state index is -0.138. The number of hydrogen-bond donors (Lipinski definition) is 2. The number of amides is 1. The molecule has 4 fully saturated rings. The molecule has 0 aromatic heterocycles. The van der Waals surface area contributed by atoms with Gasteiger partial charge in [-0.1, -0.05) is 0 Å². The third kappa shape index (κ3) is 2.16. The number of nitrogen functional groups attached to an aromatic ring is 1. The molecule has 0 heterocycles. The number of methoxy groups -OCH3 is 1. The van der Waals surface area contributed by atoms with Gasteiger partial charge >= 0.3 is 0 Å². The van der Waals surface area contributed by atoms with E-state index in [-0.39, 0.29) is 11.3 Å². The molecule has 0 saturated heterocycles. The van der Waals surface area contributed by atoms with Gasteiger partial charge in [0.2, 0.25) is 5.91 Å². The van der Waals surface area contributed by atoms with Crippen molar-refractivity contribution in [3.63, 3.8) is 0 Å². The van der Waals surface area contributed by atoms with Crippen LogP contribution in [0, 0.1) is 23.2 Å². The lowest BCUT2D eigenvalue weighted by Crippen LogP contribution is -2.51. The molecule has 1 aromatic carbocycles. The zero-order valence-electron chi connectivity index (χ0n) is 13.1. The standard InChI is InChI=1S/C18H24N2O2/c1-22-16-7-14(19)2-3-15(16)20-17(21)18-8-11-4-12(9-18)6-13(5-11)10-18/h2-3,7,11-13H,4-6,8-10,19H2,1H3,(H,20,21). The van der Waals surface area contributed by atoms with Gasteiger partial charge in [0.05, 0.1) is 18.2 Å². The second-order valence-corrected chi connectivity index (χ2v) is 7.61. The number of benzene rings is 1. The van der Waals surface area contributed by atoms with Crippen molar-refractivity contribution < 1.29 is 9.53 Å². The Bertz CT molecular complexity index is 576. The molecule has 4 aliphatic rings. The molecule has 22 heavy (non-hydrogen) atoms. The molecule has 0 atom stereocenters. The highest BCUT2D eigenvalue weighted by Crippen LogP contribution is 2.60. The highest BCUT2D eigenvalue weighted by atomic mass is 16.5. The Morgan fingerprint density at radius 2 is 1.77 bits per heavy atom. The average Bonchev–Trinajstić information content (AvgIpc) is 2.47. The summed E-state index contributed by atoms with van der Waals surface area (Å²) in [5.41, 5.74) is 7.03. The van der Waals surface area contributed by atoms with Crippen molar-refractivity contribution in [3.05, 3.63) is 18.2 Å². The second kappa shape index (κ2) is 4.90. The van der Waals surface area contributed by atoms with E-state index < -0.39 is 0 Å². The number of rotatable bonds is 3. The summed E-state index contributed by atoms with van der Waals surface area (Å²) in [6.07, 6.45) is 7.25. The van der Waals surface area contributed by atoms with Crippen LogP contribution in [0.3, 0.4) is 0 Å². The molecule has 4 heteroatoms. The number of nitrogens with two attached hydrogens (primary N) is 1. The summed E-state index contributed by atoms with van der Waals surface area (Å²) in [7, 11) is 1.61. The van der Waals surface area contributed by atoms with E-state index >= 15 is 0 Å². The van der Waals surface area contributed by atoms with E-state index in [4.69, 9.17) is 10.5 Å². The van der Waals surface area contributed by atoms with Crippen LogP contribution in [-0.4, -0.2) is 13.0 Å². The highest BCUT2D eigenvalue weighted by Gasteiger charge is 2.54. The van der Waals surface area contributed by atoms with Gasteiger partial charge in [-0.3, -0.25) is 4.79 Å². The molecule has 4 nitrogen and oxygen atoms in total. The van der Waals surface area contributed by atoms with Gasteiger partial charge in [0.25, 0.3) is 0 Å². The molecule has 1 amide bonds. The maximum atomic E-state index is 13.0. The van der Waals surface area contributed by atoms with Gasteiger partial charge in [-0.2, -0.15) is 0 Å². The van der Waals surface area contributed by atoms with Gasteiger partial charge in [-0.15, -0.1) is 0 Å². The number of hydrogen-bond acceptors (Lipinski definition) is 3. The molecule has 3 N–H and O–H groups in total. The number of ether oxygens (including phenoxy) is 1. The van der Waals surface area contributed by atoms with Gasteiger partial charge < -0.3 is 15.8 Å². The summed E-state index contributed by atoms with van der Waals surface area (Å²) in [6, 6.07) is 5.40. The quantitative estimate of drug-likeness (QED) is 0.841. The highest BCUT2D eigenvalue weighted by molar-refractivity contribution is 5.97. The van der Waals surface area contributed by atoms with E-state index in [2.05, 4.69) is 5.32 Å². The lowest BCUT2D eigenvalue weighted by molar-refractivity contribution is -0.140. The Kier molecular flexibility index (Phi) is 3.10. The number of carbonyl (C=O) groups excluding carboxylic acids is 1. The first-order valence-electron chi connectivity index (χ1n) is 8.33. The van der Waals surface area contributed by atoms with Crippen molar-refractivity contribution in [2.75, 3.05) is 18.2 Å². The van der Waals surface area contributed by atoms with Crippen LogP contribution >= 0.6 is 0 Å². The molecular formula is C18H24N2O2. The predicted molar refractivity (Wildman–Crippen MR) is 86.6 cm³/mol. The van der Waals surface area contributed by atoms with Crippen LogP contribution < -0.4 is 15.8 Å². The summed E-state index contributed by atoms with van der Waals surface area (Å²) in [5, 5.41) is 3.13. The van der Waals surface area contributed by atoms with Gasteiger partial charge in [-0.05, 0) is 68.4 Å². The van der Waals surface area contributed by atoms with Gasteiger partial charge in [0.15, 0.2) is 0 Å². The molecular weight excluding hydrogens is 276 g/mol. The fraction of sp³-hybridized carbons (Fsp3) is 0.611. The molecule has 4 saturated carbocycles. The van der Waals surface area contributed by atoms with Crippen molar-refractivity contribution in [3.8, 4) is 5.75 Å². The lowest BCUT2D eigenvalue weighted by Gasteiger charge is -2.55. The van der Waals surface area contributed by atoms with Crippen molar-refractivity contribution in [1.82, 2.24) is 0 Å². The fourth-order valence-corrected chi connectivity index (χ4v) is 5.45. The van der Waals surface area contributed by atoms with Crippen LogP contribution in [-0.2, 0) is 4.79 Å². The summed E-state index contributed by atoms with van der Waals surface area (Å²) >= 11 is 0. The van der Waals surface area contributed by atoms with E-state index in [0.717, 1.165) is 42.7 Å². The van der Waals surface area contributed by atoms with Crippen LogP contribution in [0.25, 0.3) is 0 Å². The Hall–Kier alpha value is -1.71. The zero-order chi connectivity index (χ0) is 15.3. The Morgan fingerprint density at radius 3 is 2.32 bits per heavy atom. The van der Waals surface area contributed by atoms with Crippen LogP contribution in [0.15, 0.2) is 18.2 Å². The van der Waals surface area contributed by atoms with Crippen molar-refractivity contribution >= 4 is 17.3 Å². The molecule has 1 aromatic rings. The summed E-state index contributed by atoms with van der Waals surface area (Å²) in [4.78, 5) is 13.0. The van der Waals surface area contributed by atoms with Crippen LogP contribution in [0.5, 0.6) is 5.75 Å². The zero-order valence-corrected chi connectivity index (χ0v) is 13.1. The SMILES string of the molecule is COc1cc(N)ccc1NC(=O)C12CC3CC(CC(C3)C1)C2. The van der Waals surface area contributed by atoms with Crippen molar-refractivity contribution in [2.45, 2.75) is 38.5 Å². The van der Waals surface area contributed by atoms with E-state index in [0.29, 0.717) is 11.4 Å². The maximum Gasteiger partial charge on any atom is 0.230 e. The molecule has 4 aliphatic carbocycles. The second-order valence-electron chi connectivity index (χ2n) is 7.61. The summed E-state index contributed by atoms with van der Waals surface area (Å²) < 4.78 is 5.35. The molecule has 0 unspecified atom stereocenters. The average molecular weight is 300 g/mol. The molecule has 4 bridgehead atoms. The number of carbonyl (C=O) groups is 1. The molecule has 0 radical (unpaired) electrons. The monoisotopic (exact) mass is 300 g/mol. The first-order valence-corrected chi connectivity index (χ1v) is 8.33. The third-order valence-corrected chi connectivity index (χ3v) is 5.99. The van der Waals surface area contributed by atoms with Crippen LogP contribution in [0.4, 0.5) is 11.4 Å². The van der Waals surface area contributed by atoms with Crippen LogP contribution in [0.1, 0.15) is 38.5 Å². The van der Waals surface area contributed by atoms with E-state index in [1.54, 1.807) is 19.2 Å². The minimum absolute atomic E-state index is 0.138. The molecule has 5 rings (SSSR count). The summed E-state index contributed by atoms with van der Waals surface area (Å²) in [6.45, 7) is 0. The van der Waals surface area contributed by atoms with Gasteiger partial charge in [-0.25, -0.2) is 0 Å². The van der Waals surface area contributed by atoms with Gasteiger partial charge in [0, 0.05) is 11.8 Å². The smallest absolute Gasteiger partial charge is 0.230 e. The van der Waals surface area contributed by atoms with E-state index in [9.17, 15) is 4.79 Å². The number of nitrogens with one attached hydrogen (secondary N) is 1. The summed E-state index contributed by atoms with van der Waals surface area (Å²) in [5.74, 6) is 3.13. The first kappa shape index (κ1) is 13.9. The van der Waals surface area contributed by atoms with Crippen molar-refractivity contribution in [1.29, 1.82) is 0 Å². The predicted octanol–water partition coefficient (Wildman–Crippen LogP) is 3.43. The minimum Gasteiger partial charge on any atom is -0.494 e. The third-order valence-electron chi connectivity index (χ3n) is 5.99. The maximum absolute atomic E-state index is 13.0. The van der Waals surface area contributed by atoms with Crippen molar-refractivity contribution in [2.24, 2.45) is 23.2 Å². The van der Waals surface area contributed by atoms with E-state index in [1.807, 2.05) is 6.07 Å². The molecule has 0 spiro atoms. The van der Waals surface area contributed by atoms with E-state index in [1.165, 1.54) is 19.3 Å². The Balaban J connectivity index is 1.58. The first-order chi connectivity index (χ1) is 10.6. The largest absolute Gasteiger partial charge is 0.494 e. The van der Waals surface area contributed by atoms with Crippen LogP contribution in [0.2, 0.25) is 0 Å². The Labute approximate surface area is 131 Å². The molecule has 118 valence electrons. The Morgan fingerprint density at radius 1 is 1.18 bits per heavy atom. The fourth-order valence-electron chi connectivity index (χ4n) is 5.45. The normalized spacial score (nSPS) is 35.4.